The van der Waals surface area contributed by atoms with E-state index in [1.165, 1.54) is 6.08 Å². The van der Waals surface area contributed by atoms with Crippen LogP contribution >= 0.6 is 0 Å². The molecule has 0 radical (unpaired) electrons. The molecule has 1 aliphatic rings. The summed E-state index contributed by atoms with van der Waals surface area (Å²) in [4.78, 5) is 10.7. The van der Waals surface area contributed by atoms with E-state index in [1.54, 1.807) is 6.08 Å². The van der Waals surface area contributed by atoms with Crippen LogP contribution in [0.4, 0.5) is 0 Å². The maximum Gasteiger partial charge on any atom is 0.158 e. The maximum absolute atomic E-state index is 10.7. The molecule has 0 aliphatic heterocycles. The van der Waals surface area contributed by atoms with Crippen molar-refractivity contribution >= 4 is 5.78 Å². The van der Waals surface area contributed by atoms with Gasteiger partial charge in [0.25, 0.3) is 0 Å². The molecule has 0 aromatic carbocycles. The molecule has 0 fully saturated rings. The van der Waals surface area contributed by atoms with Gasteiger partial charge in [-0.25, -0.2) is 0 Å². The van der Waals surface area contributed by atoms with Gasteiger partial charge in [0.05, 0.1) is 6.10 Å². The quantitative estimate of drug-likeness (QED) is 0.513. The minimum atomic E-state index is -0.405. The first kappa shape index (κ1) is 6.49. The standard InChI is InChI=1S/C7H10O2/c1-5-4-6(8)2-3-7(5)9/h2-3,5-6,8H,4H2,1H3/t5-,6-/m0/s1. The molecule has 0 heterocycles. The van der Waals surface area contributed by atoms with Gasteiger partial charge in [-0.05, 0) is 12.5 Å². The number of aliphatic hydroxyl groups is 1. The summed E-state index contributed by atoms with van der Waals surface area (Å²) in [5.74, 6) is 0.130. The SMILES string of the molecule is C[C@H]1C[C@@H](O)C=CC1=O. The molecule has 0 saturated heterocycles. The molecule has 2 heteroatoms. The molecular formula is C7H10O2. The molecule has 0 aromatic rings. The second kappa shape index (κ2) is 2.31. The molecule has 0 aromatic heterocycles. The van der Waals surface area contributed by atoms with Gasteiger partial charge in [0, 0.05) is 5.92 Å². The fourth-order valence-electron chi connectivity index (χ4n) is 0.927. The first-order valence-corrected chi connectivity index (χ1v) is 3.10. The van der Waals surface area contributed by atoms with Crippen LogP contribution < -0.4 is 0 Å². The zero-order valence-electron chi connectivity index (χ0n) is 5.37. The van der Waals surface area contributed by atoms with Crippen LogP contribution in [-0.4, -0.2) is 17.0 Å². The number of carbonyl (C=O) groups excluding carboxylic acids is 1. The molecule has 0 amide bonds. The molecule has 1 N–H and O–H groups in total. The van der Waals surface area contributed by atoms with Crippen LogP contribution in [0.1, 0.15) is 13.3 Å². The highest BCUT2D eigenvalue weighted by Crippen LogP contribution is 2.13. The molecule has 1 aliphatic carbocycles. The smallest absolute Gasteiger partial charge is 0.158 e. The molecule has 1 rings (SSSR count). The fraction of sp³-hybridized carbons (Fsp3) is 0.571. The summed E-state index contributed by atoms with van der Waals surface area (Å²) in [6, 6.07) is 0. The summed E-state index contributed by atoms with van der Waals surface area (Å²) in [5, 5.41) is 8.96. The second-order valence-electron chi connectivity index (χ2n) is 2.47. The van der Waals surface area contributed by atoms with Crippen molar-refractivity contribution in [3.63, 3.8) is 0 Å². The average Bonchev–Trinajstić information content (AvgIpc) is 1.80. The van der Waals surface area contributed by atoms with E-state index in [0.717, 1.165) is 0 Å². The van der Waals surface area contributed by atoms with E-state index < -0.39 is 6.10 Å². The van der Waals surface area contributed by atoms with Crippen LogP contribution in [0.15, 0.2) is 12.2 Å². The molecule has 0 spiro atoms. The largest absolute Gasteiger partial charge is 0.389 e. The molecule has 2 atom stereocenters. The van der Waals surface area contributed by atoms with Crippen LogP contribution in [0.2, 0.25) is 0 Å². The Morgan fingerprint density at radius 2 is 2.44 bits per heavy atom. The lowest BCUT2D eigenvalue weighted by molar-refractivity contribution is -0.119. The Hall–Kier alpha value is -0.630. The highest BCUT2D eigenvalue weighted by molar-refractivity contribution is 5.92. The van der Waals surface area contributed by atoms with Crippen molar-refractivity contribution < 1.29 is 9.90 Å². The number of hydrogen-bond donors (Lipinski definition) is 1. The van der Waals surface area contributed by atoms with Crippen molar-refractivity contribution in [2.45, 2.75) is 19.4 Å². The van der Waals surface area contributed by atoms with Gasteiger partial charge in [0.2, 0.25) is 0 Å². The van der Waals surface area contributed by atoms with E-state index in [2.05, 4.69) is 0 Å². The van der Waals surface area contributed by atoms with Crippen molar-refractivity contribution in [3.05, 3.63) is 12.2 Å². The summed E-state index contributed by atoms with van der Waals surface area (Å²) in [7, 11) is 0. The molecule has 2 nitrogen and oxygen atoms in total. The Morgan fingerprint density at radius 3 is 2.89 bits per heavy atom. The lowest BCUT2D eigenvalue weighted by Gasteiger charge is -2.14. The fourth-order valence-corrected chi connectivity index (χ4v) is 0.927. The van der Waals surface area contributed by atoms with Gasteiger partial charge in [-0.15, -0.1) is 0 Å². The number of carbonyl (C=O) groups is 1. The van der Waals surface area contributed by atoms with Crippen molar-refractivity contribution in [1.29, 1.82) is 0 Å². The molecular weight excluding hydrogens is 116 g/mol. The highest BCUT2D eigenvalue weighted by Gasteiger charge is 2.17. The maximum atomic E-state index is 10.7. The third-order valence-corrected chi connectivity index (χ3v) is 1.56. The Morgan fingerprint density at radius 1 is 1.78 bits per heavy atom. The Kier molecular flexibility index (Phi) is 1.67. The number of allylic oxidation sites excluding steroid dienone is 1. The Balaban J connectivity index is 2.65. The zero-order valence-corrected chi connectivity index (χ0v) is 5.37. The van der Waals surface area contributed by atoms with Crippen LogP contribution in [0, 0.1) is 5.92 Å². The molecule has 0 bridgehead atoms. The van der Waals surface area contributed by atoms with Crippen LogP contribution in [0.5, 0.6) is 0 Å². The van der Waals surface area contributed by atoms with Crippen molar-refractivity contribution in [1.82, 2.24) is 0 Å². The molecule has 0 unspecified atom stereocenters. The van der Waals surface area contributed by atoms with Gasteiger partial charge >= 0.3 is 0 Å². The van der Waals surface area contributed by atoms with Gasteiger partial charge in [-0.1, -0.05) is 13.0 Å². The topological polar surface area (TPSA) is 37.3 Å². The second-order valence-corrected chi connectivity index (χ2v) is 2.47. The van der Waals surface area contributed by atoms with Crippen molar-refractivity contribution in [2.24, 2.45) is 5.92 Å². The van der Waals surface area contributed by atoms with Gasteiger partial charge in [0.15, 0.2) is 5.78 Å². The van der Waals surface area contributed by atoms with E-state index in [-0.39, 0.29) is 11.7 Å². The average molecular weight is 126 g/mol. The van der Waals surface area contributed by atoms with Gasteiger partial charge in [-0.3, -0.25) is 4.79 Å². The number of rotatable bonds is 0. The number of ketones is 1. The third kappa shape index (κ3) is 1.39. The predicted molar refractivity (Wildman–Crippen MR) is 33.9 cm³/mol. The first-order chi connectivity index (χ1) is 4.20. The van der Waals surface area contributed by atoms with Gasteiger partial charge < -0.3 is 5.11 Å². The van der Waals surface area contributed by atoms with Gasteiger partial charge in [-0.2, -0.15) is 0 Å². The lowest BCUT2D eigenvalue weighted by atomic mass is 9.93. The molecule has 9 heavy (non-hydrogen) atoms. The summed E-state index contributed by atoms with van der Waals surface area (Å²) >= 11 is 0. The number of aliphatic hydroxyl groups excluding tert-OH is 1. The zero-order chi connectivity index (χ0) is 6.85. The molecule has 0 saturated carbocycles. The normalized spacial score (nSPS) is 35.1. The monoisotopic (exact) mass is 126 g/mol. The van der Waals surface area contributed by atoms with E-state index in [9.17, 15) is 4.79 Å². The molecule has 50 valence electrons. The Labute approximate surface area is 54.2 Å². The van der Waals surface area contributed by atoms with Crippen LogP contribution in [0.25, 0.3) is 0 Å². The summed E-state index contributed by atoms with van der Waals surface area (Å²) < 4.78 is 0. The van der Waals surface area contributed by atoms with Crippen molar-refractivity contribution in [2.75, 3.05) is 0 Å². The predicted octanol–water partition coefficient (Wildman–Crippen LogP) is 0.512. The van der Waals surface area contributed by atoms with E-state index in [4.69, 9.17) is 5.11 Å². The minimum absolute atomic E-state index is 0.00463. The summed E-state index contributed by atoms with van der Waals surface area (Å²) in [6.07, 6.45) is 3.17. The lowest BCUT2D eigenvalue weighted by Crippen LogP contribution is -2.20. The number of hydrogen-bond acceptors (Lipinski definition) is 2. The van der Waals surface area contributed by atoms with E-state index >= 15 is 0 Å². The van der Waals surface area contributed by atoms with E-state index in [1.807, 2.05) is 6.92 Å². The third-order valence-electron chi connectivity index (χ3n) is 1.56. The summed E-state index contributed by atoms with van der Waals surface area (Å²) in [6.45, 7) is 1.83. The minimum Gasteiger partial charge on any atom is -0.389 e. The van der Waals surface area contributed by atoms with Crippen LogP contribution in [-0.2, 0) is 4.79 Å². The van der Waals surface area contributed by atoms with Gasteiger partial charge in [0.1, 0.15) is 0 Å². The first-order valence-electron chi connectivity index (χ1n) is 3.10. The van der Waals surface area contributed by atoms with Crippen molar-refractivity contribution in [3.8, 4) is 0 Å². The summed E-state index contributed by atoms with van der Waals surface area (Å²) in [5.41, 5.74) is 0. The van der Waals surface area contributed by atoms with Crippen LogP contribution in [0.3, 0.4) is 0 Å². The van der Waals surface area contributed by atoms with E-state index in [0.29, 0.717) is 6.42 Å². The Bertz CT molecular complexity index is 149. The highest BCUT2D eigenvalue weighted by atomic mass is 16.3.